The van der Waals surface area contributed by atoms with Crippen molar-refractivity contribution in [2.75, 3.05) is 5.32 Å². The molecule has 0 aliphatic carbocycles. The van der Waals surface area contributed by atoms with Crippen LogP contribution in [0.1, 0.15) is 35.7 Å². The summed E-state index contributed by atoms with van der Waals surface area (Å²) in [5, 5.41) is 20.0. The van der Waals surface area contributed by atoms with E-state index in [0.717, 1.165) is 18.1 Å². The third kappa shape index (κ3) is 3.11. The van der Waals surface area contributed by atoms with E-state index in [9.17, 15) is 4.79 Å². The molecule has 20 heavy (non-hydrogen) atoms. The summed E-state index contributed by atoms with van der Waals surface area (Å²) < 4.78 is 1.91. The fourth-order valence-corrected chi connectivity index (χ4v) is 1.83. The van der Waals surface area contributed by atoms with Gasteiger partial charge in [-0.1, -0.05) is 6.92 Å². The molecule has 2 rings (SSSR count). The van der Waals surface area contributed by atoms with E-state index in [1.165, 1.54) is 6.07 Å². The highest BCUT2D eigenvalue weighted by molar-refractivity contribution is 5.88. The first-order chi connectivity index (χ1) is 9.63. The maximum absolute atomic E-state index is 11.1. The third-order valence-electron chi connectivity index (χ3n) is 2.95. The lowest BCUT2D eigenvalue weighted by Gasteiger charge is -2.08. The minimum absolute atomic E-state index is 0.233. The lowest BCUT2D eigenvalue weighted by molar-refractivity contribution is 0.0696. The molecule has 0 aromatic carbocycles. The van der Waals surface area contributed by atoms with E-state index >= 15 is 0 Å². The summed E-state index contributed by atoms with van der Waals surface area (Å²) in [4.78, 5) is 15.4. The van der Waals surface area contributed by atoms with Crippen molar-refractivity contribution in [3.63, 3.8) is 0 Å². The van der Waals surface area contributed by atoms with Gasteiger partial charge in [0.25, 0.3) is 0 Å². The number of carbonyl (C=O) groups is 1. The van der Waals surface area contributed by atoms with E-state index in [1.807, 2.05) is 18.4 Å². The number of rotatable bonds is 6. The summed E-state index contributed by atoms with van der Waals surface area (Å²) in [6.45, 7) is 5.18. The summed E-state index contributed by atoms with van der Waals surface area (Å²) in [5.74, 6) is 0.363. The average Bonchev–Trinajstić information content (AvgIpc) is 2.92. The predicted molar refractivity (Wildman–Crippen MR) is 73.6 cm³/mol. The number of hydrogen-bond acceptors (Lipinski definition) is 5. The van der Waals surface area contributed by atoms with Gasteiger partial charge in [-0.25, -0.2) is 9.78 Å². The average molecular weight is 275 g/mol. The van der Waals surface area contributed by atoms with Crippen LogP contribution >= 0.6 is 0 Å². The van der Waals surface area contributed by atoms with Crippen LogP contribution in [0.2, 0.25) is 0 Å². The molecule has 106 valence electrons. The maximum atomic E-state index is 11.1. The molecule has 0 spiro atoms. The summed E-state index contributed by atoms with van der Waals surface area (Å²) in [6, 6.07) is 3.11. The Balaban J connectivity index is 2.16. The Bertz CT molecular complexity index is 609. The van der Waals surface area contributed by atoms with Crippen molar-refractivity contribution in [3.05, 3.63) is 35.5 Å². The summed E-state index contributed by atoms with van der Waals surface area (Å²) in [7, 11) is 0. The number of nitrogens with one attached hydrogen (secondary N) is 1. The molecule has 0 saturated carbocycles. The van der Waals surface area contributed by atoms with Crippen LogP contribution in [0.5, 0.6) is 0 Å². The van der Waals surface area contributed by atoms with E-state index in [0.29, 0.717) is 18.8 Å². The predicted octanol–water partition coefficient (Wildman–Crippen LogP) is 1.57. The van der Waals surface area contributed by atoms with Crippen molar-refractivity contribution >= 4 is 11.8 Å². The molecule has 2 aromatic rings. The Kier molecular flexibility index (Phi) is 4.29. The van der Waals surface area contributed by atoms with Crippen molar-refractivity contribution in [3.8, 4) is 0 Å². The molecule has 0 unspecified atom stereocenters. The van der Waals surface area contributed by atoms with Crippen LogP contribution in [-0.4, -0.2) is 30.8 Å². The van der Waals surface area contributed by atoms with Crippen molar-refractivity contribution < 1.29 is 9.90 Å². The lowest BCUT2D eigenvalue weighted by Crippen LogP contribution is -2.10. The molecule has 2 N–H and O–H groups in total. The van der Waals surface area contributed by atoms with Crippen molar-refractivity contribution in [2.24, 2.45) is 0 Å². The Morgan fingerprint density at radius 2 is 2.20 bits per heavy atom. The van der Waals surface area contributed by atoms with Crippen LogP contribution in [0.4, 0.5) is 5.82 Å². The second kappa shape index (κ2) is 6.14. The van der Waals surface area contributed by atoms with Crippen LogP contribution in [0.25, 0.3) is 0 Å². The maximum Gasteiger partial charge on any atom is 0.335 e. The first kappa shape index (κ1) is 14.0. The fourth-order valence-electron chi connectivity index (χ4n) is 1.83. The number of hydrogen-bond donors (Lipinski definition) is 2. The number of aromatic nitrogens is 4. The van der Waals surface area contributed by atoms with Gasteiger partial charge < -0.3 is 15.0 Å². The second-order valence-corrected chi connectivity index (χ2v) is 4.28. The molecule has 0 fully saturated rings. The smallest absolute Gasteiger partial charge is 0.335 e. The topological polar surface area (TPSA) is 92.9 Å². The van der Waals surface area contributed by atoms with E-state index in [-0.39, 0.29) is 5.56 Å². The van der Waals surface area contributed by atoms with E-state index in [1.54, 1.807) is 12.4 Å². The molecule has 0 amide bonds. The summed E-state index contributed by atoms with van der Waals surface area (Å²) in [6.07, 6.45) is 2.34. The first-order valence-corrected chi connectivity index (χ1v) is 6.48. The first-order valence-electron chi connectivity index (χ1n) is 6.48. The van der Waals surface area contributed by atoms with Gasteiger partial charge in [0.05, 0.1) is 12.1 Å². The Morgan fingerprint density at radius 1 is 1.40 bits per heavy atom. The minimum atomic E-state index is -0.957. The normalized spacial score (nSPS) is 10.5. The lowest BCUT2D eigenvalue weighted by atomic mass is 10.2. The number of nitrogens with zero attached hydrogens (tertiary/aromatic N) is 4. The van der Waals surface area contributed by atoms with Crippen molar-refractivity contribution in [2.45, 2.75) is 33.4 Å². The largest absolute Gasteiger partial charge is 0.478 e. The Hall–Kier alpha value is -2.44. The SMILES string of the molecule is CCc1cc(C(=O)O)cc(NCc2nncn2CC)n1. The van der Waals surface area contributed by atoms with Gasteiger partial charge in [0.1, 0.15) is 12.1 Å². The molecule has 2 heterocycles. The van der Waals surface area contributed by atoms with Crippen molar-refractivity contribution in [1.82, 2.24) is 19.7 Å². The molecule has 0 saturated heterocycles. The molecular weight excluding hydrogens is 258 g/mol. The quantitative estimate of drug-likeness (QED) is 0.831. The molecule has 7 heteroatoms. The van der Waals surface area contributed by atoms with Gasteiger partial charge in [-0.15, -0.1) is 10.2 Å². The molecule has 0 atom stereocenters. The number of aromatic carboxylic acids is 1. The number of anilines is 1. The molecule has 0 bridgehead atoms. The highest BCUT2D eigenvalue weighted by atomic mass is 16.4. The number of pyridine rings is 1. The summed E-state index contributed by atoms with van der Waals surface area (Å²) in [5.41, 5.74) is 0.973. The minimum Gasteiger partial charge on any atom is -0.478 e. The fraction of sp³-hybridized carbons (Fsp3) is 0.385. The van der Waals surface area contributed by atoms with E-state index in [4.69, 9.17) is 5.11 Å². The molecule has 0 aliphatic rings. The zero-order valence-corrected chi connectivity index (χ0v) is 11.5. The molecule has 0 radical (unpaired) electrons. The zero-order valence-electron chi connectivity index (χ0n) is 11.5. The molecule has 2 aromatic heterocycles. The van der Waals surface area contributed by atoms with E-state index < -0.39 is 5.97 Å². The molecule has 0 aliphatic heterocycles. The highest BCUT2D eigenvalue weighted by Crippen LogP contribution is 2.12. The van der Waals surface area contributed by atoms with Gasteiger partial charge in [-0.05, 0) is 25.5 Å². The van der Waals surface area contributed by atoms with Gasteiger partial charge in [-0.2, -0.15) is 0 Å². The third-order valence-corrected chi connectivity index (χ3v) is 2.95. The van der Waals surface area contributed by atoms with Crippen LogP contribution in [0.15, 0.2) is 18.5 Å². The Labute approximate surface area is 116 Å². The van der Waals surface area contributed by atoms with Gasteiger partial charge in [0.15, 0.2) is 5.82 Å². The number of carboxylic acids is 1. The highest BCUT2D eigenvalue weighted by Gasteiger charge is 2.09. The van der Waals surface area contributed by atoms with Gasteiger partial charge in [0.2, 0.25) is 0 Å². The van der Waals surface area contributed by atoms with Gasteiger partial charge in [-0.3, -0.25) is 0 Å². The van der Waals surface area contributed by atoms with Crippen LogP contribution in [0, 0.1) is 0 Å². The van der Waals surface area contributed by atoms with Crippen LogP contribution in [-0.2, 0) is 19.5 Å². The number of carboxylic acid groups (broad SMARTS) is 1. The molecular formula is C13H17N5O2. The standard InChI is InChI=1S/C13H17N5O2/c1-3-10-5-9(13(19)20)6-11(16-10)14-7-12-17-15-8-18(12)4-2/h5-6,8H,3-4,7H2,1-2H3,(H,14,16)(H,19,20). The summed E-state index contributed by atoms with van der Waals surface area (Å²) >= 11 is 0. The van der Waals surface area contributed by atoms with Crippen molar-refractivity contribution in [1.29, 1.82) is 0 Å². The van der Waals surface area contributed by atoms with E-state index in [2.05, 4.69) is 20.5 Å². The Morgan fingerprint density at radius 3 is 2.85 bits per heavy atom. The second-order valence-electron chi connectivity index (χ2n) is 4.28. The monoisotopic (exact) mass is 275 g/mol. The van der Waals surface area contributed by atoms with Crippen LogP contribution < -0.4 is 5.32 Å². The molecule has 7 nitrogen and oxygen atoms in total. The van der Waals surface area contributed by atoms with Crippen LogP contribution in [0.3, 0.4) is 0 Å². The van der Waals surface area contributed by atoms with Gasteiger partial charge in [0, 0.05) is 12.2 Å². The zero-order chi connectivity index (χ0) is 14.5. The van der Waals surface area contributed by atoms with Gasteiger partial charge >= 0.3 is 5.97 Å². The number of aryl methyl sites for hydroxylation is 2.